The summed E-state index contributed by atoms with van der Waals surface area (Å²) in [7, 11) is 1.40. The minimum absolute atomic E-state index is 0.107. The van der Waals surface area contributed by atoms with Gasteiger partial charge in [0.15, 0.2) is 11.5 Å². The number of carbonyl (C=O) groups is 1. The van der Waals surface area contributed by atoms with E-state index in [4.69, 9.17) is 19.0 Å². The lowest BCUT2D eigenvalue weighted by Crippen LogP contribution is -2.24. The number of benzene rings is 3. The number of carboxylic acid groups (broad SMARTS) is 1. The molecule has 1 aromatic heterocycles. The lowest BCUT2D eigenvalue weighted by atomic mass is 10.0. The molecule has 3 aromatic carbocycles. The Morgan fingerprint density at radius 3 is 2.41 bits per heavy atom. The van der Waals surface area contributed by atoms with Gasteiger partial charge in [-0.25, -0.2) is 4.79 Å². The van der Waals surface area contributed by atoms with Gasteiger partial charge in [0.05, 0.1) is 12.0 Å². The molecule has 6 nitrogen and oxygen atoms in total. The summed E-state index contributed by atoms with van der Waals surface area (Å²) in [6, 6.07) is 24.2. The molecular weight excluding hydrogens is 432 g/mol. The molecule has 0 bridgehead atoms. The number of rotatable bonds is 10. The first kappa shape index (κ1) is 23.3. The minimum atomic E-state index is -0.966. The fraction of sp³-hybridized carbons (Fsp3) is 0.214. The van der Waals surface area contributed by atoms with Crippen LogP contribution in [0.1, 0.15) is 17.5 Å². The average molecular weight is 459 g/mol. The van der Waals surface area contributed by atoms with Gasteiger partial charge in [0.25, 0.3) is 0 Å². The number of aliphatic carboxylic acids is 1. The molecule has 0 saturated heterocycles. The summed E-state index contributed by atoms with van der Waals surface area (Å²) in [5, 5.41) is 9.59. The van der Waals surface area contributed by atoms with Crippen molar-refractivity contribution < 1.29 is 23.8 Å². The Morgan fingerprint density at radius 1 is 0.971 bits per heavy atom. The third-order valence-electron chi connectivity index (χ3n) is 5.64. The van der Waals surface area contributed by atoms with Crippen LogP contribution in [0.15, 0.2) is 88.1 Å². The molecule has 0 radical (unpaired) electrons. The van der Waals surface area contributed by atoms with Crippen LogP contribution in [0.2, 0.25) is 0 Å². The fourth-order valence-corrected chi connectivity index (χ4v) is 3.76. The number of hydrogen-bond donors (Lipinski definition) is 1. The highest BCUT2D eigenvalue weighted by Gasteiger charge is 2.16. The van der Waals surface area contributed by atoms with E-state index in [2.05, 4.69) is 0 Å². The van der Waals surface area contributed by atoms with Crippen LogP contribution in [0.4, 0.5) is 0 Å². The molecule has 0 amide bonds. The predicted molar refractivity (Wildman–Crippen MR) is 130 cm³/mol. The third kappa shape index (κ3) is 5.71. The van der Waals surface area contributed by atoms with Crippen molar-refractivity contribution in [2.24, 2.45) is 0 Å². The van der Waals surface area contributed by atoms with Gasteiger partial charge < -0.3 is 19.0 Å². The molecule has 6 heteroatoms. The Labute approximate surface area is 197 Å². The van der Waals surface area contributed by atoms with E-state index in [9.17, 15) is 9.59 Å². The quantitative estimate of drug-likeness (QED) is 0.332. The van der Waals surface area contributed by atoms with Crippen molar-refractivity contribution in [1.29, 1.82) is 0 Å². The Balaban J connectivity index is 1.33. The lowest BCUT2D eigenvalue weighted by molar-refractivity contribution is -0.148. The summed E-state index contributed by atoms with van der Waals surface area (Å²) in [5.74, 6) is 0.201. The second kappa shape index (κ2) is 10.8. The van der Waals surface area contributed by atoms with Gasteiger partial charge in [0, 0.05) is 25.2 Å². The van der Waals surface area contributed by atoms with E-state index in [0.29, 0.717) is 35.5 Å². The zero-order valence-electron chi connectivity index (χ0n) is 18.9. The van der Waals surface area contributed by atoms with Crippen LogP contribution in [0, 0.1) is 0 Å². The molecule has 34 heavy (non-hydrogen) atoms. The largest absolute Gasteiger partial charge is 0.494 e. The van der Waals surface area contributed by atoms with Gasteiger partial charge in [-0.3, -0.25) is 4.79 Å². The van der Waals surface area contributed by atoms with E-state index in [1.54, 1.807) is 12.1 Å². The van der Waals surface area contributed by atoms with Crippen molar-refractivity contribution in [3.05, 3.63) is 100 Å². The lowest BCUT2D eigenvalue weighted by Gasteiger charge is -2.11. The normalized spacial score (nSPS) is 11.9. The van der Waals surface area contributed by atoms with Crippen molar-refractivity contribution in [3.8, 4) is 17.1 Å². The highest BCUT2D eigenvalue weighted by molar-refractivity contribution is 5.80. The number of aryl methyl sites for hydroxylation is 1. The van der Waals surface area contributed by atoms with Gasteiger partial charge in [-0.1, -0.05) is 54.6 Å². The maximum absolute atomic E-state index is 12.6. The van der Waals surface area contributed by atoms with Crippen LogP contribution < -0.4 is 10.2 Å². The Bertz CT molecular complexity index is 1310. The van der Waals surface area contributed by atoms with E-state index in [1.165, 1.54) is 13.2 Å². The zero-order valence-corrected chi connectivity index (χ0v) is 18.9. The van der Waals surface area contributed by atoms with Crippen LogP contribution in [-0.4, -0.2) is 30.9 Å². The van der Waals surface area contributed by atoms with Crippen molar-refractivity contribution in [2.75, 3.05) is 13.7 Å². The Morgan fingerprint density at radius 2 is 1.71 bits per heavy atom. The molecule has 4 aromatic rings. The van der Waals surface area contributed by atoms with Gasteiger partial charge in [0.1, 0.15) is 17.1 Å². The number of hydrogen-bond acceptors (Lipinski definition) is 5. The highest BCUT2D eigenvalue weighted by Crippen LogP contribution is 2.24. The zero-order chi connectivity index (χ0) is 23.9. The standard InChI is InChI=1S/C28H26O6/c1-32-27(28(30)31)16-20-11-9-19(10-12-20)6-5-15-33-22-13-14-25-23(17-22)24(29)18-26(34-25)21-7-3-2-4-8-21/h2-4,7-14,17-18,27H,5-6,15-16H2,1H3,(H,30,31)/t27-/m0/s1. The summed E-state index contributed by atoms with van der Waals surface area (Å²) in [5.41, 5.74) is 3.33. The Hall–Kier alpha value is -3.90. The summed E-state index contributed by atoms with van der Waals surface area (Å²) < 4.78 is 16.8. The molecule has 0 unspecified atom stereocenters. The SMILES string of the molecule is CO[C@@H](Cc1ccc(CCCOc2ccc3oc(-c4ccccc4)cc(=O)c3c2)cc1)C(=O)O. The molecule has 0 aliphatic heterocycles. The topological polar surface area (TPSA) is 86.0 Å². The van der Waals surface area contributed by atoms with Crippen LogP contribution in [-0.2, 0) is 22.4 Å². The third-order valence-corrected chi connectivity index (χ3v) is 5.64. The minimum Gasteiger partial charge on any atom is -0.494 e. The second-order valence-electron chi connectivity index (χ2n) is 8.03. The van der Waals surface area contributed by atoms with Crippen molar-refractivity contribution in [3.63, 3.8) is 0 Å². The molecule has 0 aliphatic carbocycles. The Kier molecular flexibility index (Phi) is 7.40. The molecular formula is C28H26O6. The second-order valence-corrected chi connectivity index (χ2v) is 8.03. The van der Waals surface area contributed by atoms with E-state index in [0.717, 1.165) is 29.5 Å². The van der Waals surface area contributed by atoms with E-state index in [-0.39, 0.29) is 5.43 Å². The monoisotopic (exact) mass is 458 g/mol. The first-order chi connectivity index (χ1) is 16.5. The van der Waals surface area contributed by atoms with Gasteiger partial charge in [-0.05, 0) is 42.2 Å². The van der Waals surface area contributed by atoms with Gasteiger partial charge >= 0.3 is 5.97 Å². The predicted octanol–water partition coefficient (Wildman–Crippen LogP) is 5.11. The van der Waals surface area contributed by atoms with Gasteiger partial charge in [-0.2, -0.15) is 0 Å². The first-order valence-electron chi connectivity index (χ1n) is 11.1. The smallest absolute Gasteiger partial charge is 0.333 e. The van der Waals surface area contributed by atoms with Gasteiger partial charge in [0.2, 0.25) is 0 Å². The molecule has 0 saturated carbocycles. The van der Waals surface area contributed by atoms with Crippen LogP contribution in [0.3, 0.4) is 0 Å². The molecule has 4 rings (SSSR count). The van der Waals surface area contributed by atoms with Crippen LogP contribution >= 0.6 is 0 Å². The van der Waals surface area contributed by atoms with E-state index in [1.807, 2.05) is 60.7 Å². The number of ether oxygens (including phenoxy) is 2. The van der Waals surface area contributed by atoms with Crippen LogP contribution in [0.25, 0.3) is 22.3 Å². The molecule has 0 aliphatic rings. The summed E-state index contributed by atoms with van der Waals surface area (Å²) in [6.45, 7) is 0.505. The number of methoxy groups -OCH3 is 1. The molecule has 1 N–H and O–H groups in total. The fourth-order valence-electron chi connectivity index (χ4n) is 3.76. The van der Waals surface area contributed by atoms with Crippen LogP contribution in [0.5, 0.6) is 5.75 Å². The molecule has 0 spiro atoms. The van der Waals surface area contributed by atoms with Gasteiger partial charge in [-0.15, -0.1) is 0 Å². The average Bonchev–Trinajstić information content (AvgIpc) is 2.86. The maximum Gasteiger partial charge on any atom is 0.333 e. The number of fused-ring (bicyclic) bond motifs is 1. The van der Waals surface area contributed by atoms with Crippen molar-refractivity contribution in [1.82, 2.24) is 0 Å². The molecule has 1 atom stereocenters. The summed E-state index contributed by atoms with van der Waals surface area (Å²) in [6.07, 6.45) is 1.11. The van der Waals surface area contributed by atoms with Crippen molar-refractivity contribution >= 4 is 16.9 Å². The molecule has 0 fully saturated rings. The first-order valence-corrected chi connectivity index (χ1v) is 11.1. The maximum atomic E-state index is 12.6. The van der Waals surface area contributed by atoms with Crippen molar-refractivity contribution in [2.45, 2.75) is 25.4 Å². The summed E-state index contributed by atoms with van der Waals surface area (Å²) >= 11 is 0. The van der Waals surface area contributed by atoms with E-state index < -0.39 is 12.1 Å². The summed E-state index contributed by atoms with van der Waals surface area (Å²) in [4.78, 5) is 23.7. The molecule has 174 valence electrons. The highest BCUT2D eigenvalue weighted by atomic mass is 16.5. The number of carboxylic acids is 1. The molecule has 1 heterocycles. The van der Waals surface area contributed by atoms with E-state index >= 15 is 0 Å².